The van der Waals surface area contributed by atoms with Gasteiger partial charge in [-0.1, -0.05) is 19.9 Å². The van der Waals surface area contributed by atoms with E-state index in [1.165, 1.54) is 7.11 Å². The molecule has 0 saturated carbocycles. The molecular formula is C27H39N5O6. The van der Waals surface area contributed by atoms with Gasteiger partial charge in [0, 0.05) is 19.0 Å². The summed E-state index contributed by atoms with van der Waals surface area (Å²) in [7, 11) is 6.51. The first-order valence-corrected chi connectivity index (χ1v) is 12.8. The number of carbonyl (C=O) groups is 3. The van der Waals surface area contributed by atoms with Crippen molar-refractivity contribution in [2.75, 3.05) is 48.0 Å². The lowest BCUT2D eigenvalue weighted by Crippen LogP contribution is -2.41. The van der Waals surface area contributed by atoms with Gasteiger partial charge in [0.15, 0.2) is 5.69 Å². The van der Waals surface area contributed by atoms with Crippen molar-refractivity contribution in [3.63, 3.8) is 0 Å². The summed E-state index contributed by atoms with van der Waals surface area (Å²) in [6.07, 6.45) is 1.50. The minimum absolute atomic E-state index is 0.0300. The van der Waals surface area contributed by atoms with Crippen LogP contribution in [0.1, 0.15) is 49.6 Å². The molecule has 1 aromatic heterocycles. The lowest BCUT2D eigenvalue weighted by Gasteiger charge is -2.20. The van der Waals surface area contributed by atoms with Crippen molar-refractivity contribution in [2.24, 2.45) is 5.92 Å². The molecule has 3 rings (SSSR count). The van der Waals surface area contributed by atoms with Gasteiger partial charge in [-0.2, -0.15) is 5.10 Å². The van der Waals surface area contributed by atoms with E-state index in [1.54, 1.807) is 20.3 Å². The second-order valence-corrected chi connectivity index (χ2v) is 9.96. The molecule has 11 nitrogen and oxygen atoms in total. The molecule has 0 aliphatic carbocycles. The summed E-state index contributed by atoms with van der Waals surface area (Å²) in [6, 6.07) is 6.93. The fourth-order valence-corrected chi connectivity index (χ4v) is 4.75. The van der Waals surface area contributed by atoms with E-state index in [9.17, 15) is 14.4 Å². The predicted molar refractivity (Wildman–Crippen MR) is 142 cm³/mol. The molecule has 1 aliphatic heterocycles. The van der Waals surface area contributed by atoms with Crippen LogP contribution in [0.2, 0.25) is 0 Å². The van der Waals surface area contributed by atoms with Crippen LogP contribution in [0.25, 0.3) is 11.3 Å². The molecule has 1 aromatic carbocycles. The third kappa shape index (κ3) is 7.25. The Morgan fingerprint density at radius 1 is 1.13 bits per heavy atom. The Kier molecular flexibility index (Phi) is 10.1. The topological polar surface area (TPSA) is 124 Å². The third-order valence-electron chi connectivity index (χ3n) is 6.55. The quantitative estimate of drug-likeness (QED) is 0.402. The number of benzene rings is 1. The number of likely N-dealkylation sites (tertiary alicyclic amines) is 1. The Balaban J connectivity index is 1.91. The van der Waals surface area contributed by atoms with Gasteiger partial charge in [-0.25, -0.2) is 0 Å². The normalized spacial score (nSPS) is 16.2. The fourth-order valence-electron chi connectivity index (χ4n) is 4.75. The van der Waals surface area contributed by atoms with Gasteiger partial charge in [-0.15, -0.1) is 0 Å². The van der Waals surface area contributed by atoms with Crippen LogP contribution in [-0.4, -0.2) is 86.5 Å². The molecule has 1 aliphatic rings. The van der Waals surface area contributed by atoms with Crippen molar-refractivity contribution >= 4 is 17.8 Å². The van der Waals surface area contributed by atoms with Gasteiger partial charge in [0.05, 0.1) is 38.6 Å². The summed E-state index contributed by atoms with van der Waals surface area (Å²) in [4.78, 5) is 39.5. The number of aromatic nitrogens is 2. The zero-order valence-electron chi connectivity index (χ0n) is 23.1. The average molecular weight is 530 g/mol. The SMILES string of the molecule is COC(=O)CNC(=O)C[C@H](CC(C)C)NC(=O)c1cc(-c2c(OC)cccc2OC)n(C2CCN(C)C2)n1. The number of methoxy groups -OCH3 is 3. The molecule has 1 saturated heterocycles. The van der Waals surface area contributed by atoms with E-state index in [1.807, 2.05) is 36.7 Å². The second-order valence-electron chi connectivity index (χ2n) is 9.96. The van der Waals surface area contributed by atoms with Gasteiger partial charge in [-0.3, -0.25) is 19.1 Å². The minimum atomic E-state index is -0.537. The zero-order valence-corrected chi connectivity index (χ0v) is 23.1. The smallest absolute Gasteiger partial charge is 0.325 e. The molecule has 2 atom stereocenters. The monoisotopic (exact) mass is 529 g/mol. The average Bonchev–Trinajstić information content (AvgIpc) is 3.52. The van der Waals surface area contributed by atoms with E-state index in [0.29, 0.717) is 17.9 Å². The van der Waals surface area contributed by atoms with Crippen LogP contribution in [0, 0.1) is 5.92 Å². The van der Waals surface area contributed by atoms with Gasteiger partial charge < -0.3 is 29.7 Å². The summed E-state index contributed by atoms with van der Waals surface area (Å²) in [5.41, 5.74) is 1.69. The van der Waals surface area contributed by atoms with E-state index in [-0.39, 0.29) is 42.4 Å². The number of nitrogens with one attached hydrogen (secondary N) is 2. The predicted octanol–water partition coefficient (Wildman–Crippen LogP) is 2.27. The summed E-state index contributed by atoms with van der Waals surface area (Å²) in [6.45, 7) is 5.53. The third-order valence-corrected chi connectivity index (χ3v) is 6.55. The molecule has 1 fully saturated rings. The number of rotatable bonds is 12. The van der Waals surface area contributed by atoms with Crippen molar-refractivity contribution in [1.29, 1.82) is 0 Å². The molecule has 2 heterocycles. The van der Waals surface area contributed by atoms with Crippen molar-refractivity contribution in [3.05, 3.63) is 30.0 Å². The van der Waals surface area contributed by atoms with Crippen LogP contribution in [0.5, 0.6) is 11.5 Å². The molecule has 1 unspecified atom stereocenters. The van der Waals surface area contributed by atoms with E-state index in [2.05, 4.69) is 27.3 Å². The van der Waals surface area contributed by atoms with Gasteiger partial charge in [0.2, 0.25) is 5.91 Å². The van der Waals surface area contributed by atoms with Gasteiger partial charge >= 0.3 is 5.97 Å². The van der Waals surface area contributed by atoms with Crippen molar-refractivity contribution in [1.82, 2.24) is 25.3 Å². The van der Waals surface area contributed by atoms with Crippen LogP contribution >= 0.6 is 0 Å². The number of hydrogen-bond donors (Lipinski definition) is 2. The number of likely N-dealkylation sites (N-methyl/N-ethyl adjacent to an activating group) is 1. The van der Waals surface area contributed by atoms with Gasteiger partial charge in [0.1, 0.15) is 18.0 Å². The largest absolute Gasteiger partial charge is 0.496 e. The Bertz CT molecular complexity index is 1110. The lowest BCUT2D eigenvalue weighted by atomic mass is 10.0. The zero-order chi connectivity index (χ0) is 27.8. The minimum Gasteiger partial charge on any atom is -0.496 e. The second kappa shape index (κ2) is 13.3. The first-order valence-electron chi connectivity index (χ1n) is 12.8. The van der Waals surface area contributed by atoms with Crippen LogP contribution in [0.15, 0.2) is 24.3 Å². The molecule has 0 bridgehead atoms. The maximum Gasteiger partial charge on any atom is 0.325 e. The number of carbonyl (C=O) groups excluding carboxylic acids is 3. The standard InChI is InChI=1S/C27H39N5O6/c1-17(2)12-18(13-24(33)28-15-25(34)38-6)29-27(35)20-14-21(32(30-20)19-10-11-31(3)16-19)26-22(36-4)8-7-9-23(26)37-5/h7-9,14,17-19H,10-13,15-16H2,1-6H3,(H,28,33)(H,29,35)/t18-,19?/m0/s1. The lowest BCUT2D eigenvalue weighted by molar-refractivity contribution is -0.141. The van der Waals surface area contributed by atoms with Crippen molar-refractivity contribution in [3.8, 4) is 22.8 Å². The molecule has 0 spiro atoms. The fraction of sp³-hybridized carbons (Fsp3) is 0.556. The van der Waals surface area contributed by atoms with E-state index >= 15 is 0 Å². The van der Waals surface area contributed by atoms with E-state index < -0.39 is 12.0 Å². The molecular weight excluding hydrogens is 490 g/mol. The van der Waals surface area contributed by atoms with E-state index in [0.717, 1.165) is 30.8 Å². The molecule has 208 valence electrons. The number of ether oxygens (including phenoxy) is 3. The summed E-state index contributed by atoms with van der Waals surface area (Å²) < 4.78 is 17.7. The summed E-state index contributed by atoms with van der Waals surface area (Å²) in [5, 5.41) is 10.3. The Morgan fingerprint density at radius 2 is 1.82 bits per heavy atom. The number of nitrogens with zero attached hydrogens (tertiary/aromatic N) is 3. The maximum absolute atomic E-state index is 13.4. The number of hydrogen-bond acceptors (Lipinski definition) is 8. The molecule has 2 aromatic rings. The van der Waals surface area contributed by atoms with E-state index in [4.69, 9.17) is 14.6 Å². The molecule has 11 heteroatoms. The molecule has 2 N–H and O–H groups in total. The van der Waals surface area contributed by atoms with Crippen LogP contribution in [0.4, 0.5) is 0 Å². The highest BCUT2D eigenvalue weighted by Gasteiger charge is 2.29. The summed E-state index contributed by atoms with van der Waals surface area (Å²) >= 11 is 0. The highest BCUT2D eigenvalue weighted by atomic mass is 16.5. The van der Waals surface area contributed by atoms with Gasteiger partial charge in [-0.05, 0) is 50.6 Å². The Morgan fingerprint density at radius 3 is 2.37 bits per heavy atom. The molecule has 0 radical (unpaired) electrons. The molecule has 38 heavy (non-hydrogen) atoms. The first kappa shape index (κ1) is 29.0. The molecule has 2 amide bonds. The highest BCUT2D eigenvalue weighted by Crippen LogP contribution is 2.40. The first-order chi connectivity index (χ1) is 18.2. The van der Waals surface area contributed by atoms with Gasteiger partial charge in [0.25, 0.3) is 5.91 Å². The van der Waals surface area contributed by atoms with Crippen LogP contribution in [0.3, 0.4) is 0 Å². The number of amides is 2. The maximum atomic E-state index is 13.4. The van der Waals surface area contributed by atoms with Crippen LogP contribution < -0.4 is 20.1 Å². The Labute approximate surface area is 223 Å². The van der Waals surface area contributed by atoms with Crippen molar-refractivity contribution in [2.45, 2.75) is 45.2 Å². The number of esters is 1. The van der Waals surface area contributed by atoms with Crippen LogP contribution in [-0.2, 0) is 14.3 Å². The summed E-state index contributed by atoms with van der Waals surface area (Å²) in [5.74, 6) is 0.198. The Hall–Kier alpha value is -3.60. The highest BCUT2D eigenvalue weighted by molar-refractivity contribution is 5.94. The van der Waals surface area contributed by atoms with Crippen molar-refractivity contribution < 1.29 is 28.6 Å².